The van der Waals surface area contributed by atoms with Gasteiger partial charge in [-0.15, -0.1) is 0 Å². The van der Waals surface area contributed by atoms with Gasteiger partial charge in [-0.25, -0.2) is 4.68 Å². The monoisotopic (exact) mass is 397 g/mol. The summed E-state index contributed by atoms with van der Waals surface area (Å²) < 4.78 is 2.18. The predicted octanol–water partition coefficient (Wildman–Crippen LogP) is 6.75. The number of nitrogens with zero attached hydrogens (tertiary/aromatic N) is 3. The van der Waals surface area contributed by atoms with Crippen LogP contribution in [0.2, 0.25) is 0 Å². The van der Waals surface area contributed by atoms with Crippen molar-refractivity contribution in [3.63, 3.8) is 0 Å². The van der Waals surface area contributed by atoms with Crippen LogP contribution in [0.3, 0.4) is 0 Å². The molecule has 0 N–H and O–H groups in total. The summed E-state index contributed by atoms with van der Waals surface area (Å²) in [5.41, 5.74) is 6.91. The van der Waals surface area contributed by atoms with Crippen molar-refractivity contribution in [2.45, 2.75) is 47.1 Å². The van der Waals surface area contributed by atoms with Gasteiger partial charge in [0.1, 0.15) is 5.54 Å². The van der Waals surface area contributed by atoms with Crippen LogP contribution in [0.5, 0.6) is 0 Å². The van der Waals surface area contributed by atoms with Gasteiger partial charge in [-0.3, -0.25) is 4.98 Å². The maximum atomic E-state index is 5.12. The highest BCUT2D eigenvalue weighted by molar-refractivity contribution is 5.85. The minimum absolute atomic E-state index is 0.608. The van der Waals surface area contributed by atoms with Gasteiger partial charge in [0.25, 0.3) is 0 Å². The molecule has 0 fully saturated rings. The molecule has 0 aliphatic rings. The van der Waals surface area contributed by atoms with Crippen LogP contribution in [0.4, 0.5) is 0 Å². The standard InChI is InChI=1S/C27H31N3/c1-8-14-19(4)27(23(10-3)15-9-2,24-16-12-11-13-17-24)30-25-18-20(5)28-21(6)26(25)22(7)29-30/h8-18H,1H2,2-7H3. The fourth-order valence-electron chi connectivity index (χ4n) is 4.55. The number of aryl methyl sites for hydroxylation is 3. The second-order valence-corrected chi connectivity index (χ2v) is 7.65. The van der Waals surface area contributed by atoms with Crippen LogP contribution in [-0.4, -0.2) is 14.8 Å². The minimum Gasteiger partial charge on any atom is -0.258 e. The first-order chi connectivity index (χ1) is 14.4. The van der Waals surface area contributed by atoms with Crippen molar-refractivity contribution in [3.05, 3.63) is 107 Å². The summed E-state index contributed by atoms with van der Waals surface area (Å²) in [6, 6.07) is 12.7. The Morgan fingerprint density at radius 1 is 1.07 bits per heavy atom. The molecule has 30 heavy (non-hydrogen) atoms. The first-order valence-electron chi connectivity index (χ1n) is 10.4. The molecule has 0 spiro atoms. The van der Waals surface area contributed by atoms with Gasteiger partial charge in [-0.05, 0) is 64.3 Å². The van der Waals surface area contributed by atoms with E-state index in [2.05, 4.69) is 107 Å². The molecule has 0 saturated carbocycles. The van der Waals surface area contributed by atoms with Crippen LogP contribution in [0.15, 0.2) is 84.5 Å². The molecule has 2 aromatic heterocycles. The van der Waals surface area contributed by atoms with E-state index < -0.39 is 5.54 Å². The molecule has 3 rings (SSSR count). The Kier molecular flexibility index (Phi) is 6.21. The average molecular weight is 398 g/mol. The van der Waals surface area contributed by atoms with Crippen LogP contribution in [0.25, 0.3) is 10.9 Å². The lowest BCUT2D eigenvalue weighted by Crippen LogP contribution is -2.39. The number of rotatable bonds is 6. The van der Waals surface area contributed by atoms with Crippen molar-refractivity contribution in [2.75, 3.05) is 0 Å². The Labute approximate surface area is 180 Å². The maximum absolute atomic E-state index is 5.12. The summed E-state index contributed by atoms with van der Waals surface area (Å²) in [6.45, 7) is 16.4. The molecule has 0 bridgehead atoms. The van der Waals surface area contributed by atoms with Crippen molar-refractivity contribution < 1.29 is 0 Å². The van der Waals surface area contributed by atoms with Gasteiger partial charge < -0.3 is 0 Å². The molecular formula is C27H31N3. The average Bonchev–Trinajstić information content (AvgIpc) is 3.05. The van der Waals surface area contributed by atoms with Gasteiger partial charge in [-0.1, -0.05) is 67.3 Å². The topological polar surface area (TPSA) is 30.7 Å². The molecule has 1 unspecified atom stereocenters. The highest BCUT2D eigenvalue weighted by Crippen LogP contribution is 2.43. The number of fused-ring (bicyclic) bond motifs is 1. The molecule has 1 atom stereocenters. The predicted molar refractivity (Wildman–Crippen MR) is 128 cm³/mol. The summed E-state index contributed by atoms with van der Waals surface area (Å²) in [7, 11) is 0. The van der Waals surface area contributed by atoms with E-state index in [4.69, 9.17) is 10.1 Å². The third-order valence-corrected chi connectivity index (χ3v) is 5.67. The van der Waals surface area contributed by atoms with Gasteiger partial charge >= 0.3 is 0 Å². The summed E-state index contributed by atoms with van der Waals surface area (Å²) in [6.07, 6.45) is 10.4. The number of benzene rings is 1. The van der Waals surface area contributed by atoms with Crippen LogP contribution < -0.4 is 0 Å². The van der Waals surface area contributed by atoms with Gasteiger partial charge in [-0.2, -0.15) is 5.10 Å². The van der Waals surface area contributed by atoms with Crippen LogP contribution >= 0.6 is 0 Å². The molecular weight excluding hydrogens is 366 g/mol. The lowest BCUT2D eigenvalue weighted by Gasteiger charge is -2.38. The first-order valence-corrected chi connectivity index (χ1v) is 10.4. The molecule has 2 heterocycles. The third kappa shape index (κ3) is 3.35. The summed E-state index contributed by atoms with van der Waals surface area (Å²) in [5.74, 6) is 0. The highest BCUT2D eigenvalue weighted by Gasteiger charge is 2.41. The third-order valence-electron chi connectivity index (χ3n) is 5.67. The fourth-order valence-corrected chi connectivity index (χ4v) is 4.55. The van der Waals surface area contributed by atoms with E-state index in [1.54, 1.807) is 0 Å². The fraction of sp³-hybridized carbons (Fsp3) is 0.259. The molecule has 3 aromatic rings. The quantitative estimate of drug-likeness (QED) is 0.430. The zero-order valence-corrected chi connectivity index (χ0v) is 18.9. The van der Waals surface area contributed by atoms with E-state index in [0.29, 0.717) is 0 Å². The van der Waals surface area contributed by atoms with E-state index in [1.807, 2.05) is 13.0 Å². The summed E-state index contributed by atoms with van der Waals surface area (Å²) >= 11 is 0. The summed E-state index contributed by atoms with van der Waals surface area (Å²) in [4.78, 5) is 4.70. The maximum Gasteiger partial charge on any atom is 0.134 e. The Morgan fingerprint density at radius 2 is 1.77 bits per heavy atom. The van der Waals surface area contributed by atoms with Crippen molar-refractivity contribution in [2.24, 2.45) is 0 Å². The SMILES string of the molecule is C=CC=C(C)C(C(C=CC)=CC)(c1ccccc1)n1nc(C)c2c(C)nc(C)cc21. The van der Waals surface area contributed by atoms with Crippen molar-refractivity contribution in [1.29, 1.82) is 0 Å². The Balaban J connectivity index is 2.61. The molecule has 3 nitrogen and oxygen atoms in total. The number of allylic oxidation sites excluding steroid dienone is 7. The van der Waals surface area contributed by atoms with Gasteiger partial charge in [0.05, 0.1) is 11.2 Å². The molecule has 3 heteroatoms. The van der Waals surface area contributed by atoms with Gasteiger partial charge in [0.2, 0.25) is 0 Å². The smallest absolute Gasteiger partial charge is 0.134 e. The number of aromatic nitrogens is 3. The zero-order chi connectivity index (χ0) is 21.9. The zero-order valence-electron chi connectivity index (χ0n) is 18.9. The van der Waals surface area contributed by atoms with E-state index in [9.17, 15) is 0 Å². The minimum atomic E-state index is -0.608. The number of pyridine rings is 1. The van der Waals surface area contributed by atoms with Crippen molar-refractivity contribution in [1.82, 2.24) is 14.8 Å². The summed E-state index contributed by atoms with van der Waals surface area (Å²) in [5, 5.41) is 6.24. The van der Waals surface area contributed by atoms with Crippen molar-refractivity contribution >= 4 is 10.9 Å². The Bertz CT molecular complexity index is 1160. The largest absolute Gasteiger partial charge is 0.258 e. The molecule has 0 aliphatic carbocycles. The highest BCUT2D eigenvalue weighted by atomic mass is 15.3. The van der Waals surface area contributed by atoms with Crippen LogP contribution in [0, 0.1) is 20.8 Å². The number of hydrogen-bond donors (Lipinski definition) is 0. The molecule has 154 valence electrons. The Hall–Kier alpha value is -3.20. The van der Waals surface area contributed by atoms with E-state index in [1.165, 1.54) is 0 Å². The molecule has 0 aliphatic heterocycles. The van der Waals surface area contributed by atoms with Gasteiger partial charge in [0, 0.05) is 16.8 Å². The van der Waals surface area contributed by atoms with E-state index >= 15 is 0 Å². The second kappa shape index (κ2) is 8.66. The second-order valence-electron chi connectivity index (χ2n) is 7.65. The first kappa shape index (κ1) is 21.5. The normalized spacial score (nSPS) is 15.0. The number of hydrogen-bond acceptors (Lipinski definition) is 2. The van der Waals surface area contributed by atoms with E-state index in [0.717, 1.165) is 44.7 Å². The lowest BCUT2D eigenvalue weighted by molar-refractivity contribution is 0.461. The van der Waals surface area contributed by atoms with Crippen LogP contribution in [-0.2, 0) is 5.54 Å². The van der Waals surface area contributed by atoms with Gasteiger partial charge in [0.15, 0.2) is 0 Å². The molecule has 0 saturated heterocycles. The van der Waals surface area contributed by atoms with Crippen LogP contribution in [0.1, 0.15) is 43.4 Å². The van der Waals surface area contributed by atoms with Crippen molar-refractivity contribution in [3.8, 4) is 0 Å². The molecule has 0 amide bonds. The Morgan fingerprint density at radius 3 is 2.37 bits per heavy atom. The lowest BCUT2D eigenvalue weighted by atomic mass is 9.76. The molecule has 1 aromatic carbocycles. The van der Waals surface area contributed by atoms with E-state index in [-0.39, 0.29) is 0 Å². The molecule has 0 radical (unpaired) electrons.